The van der Waals surface area contributed by atoms with E-state index in [9.17, 15) is 13.2 Å². The van der Waals surface area contributed by atoms with Crippen molar-refractivity contribution in [3.63, 3.8) is 0 Å². The molecule has 0 radical (unpaired) electrons. The maximum Gasteiger partial charge on any atom is 0.303 e. The summed E-state index contributed by atoms with van der Waals surface area (Å²) in [5, 5.41) is 8.54. The van der Waals surface area contributed by atoms with Gasteiger partial charge in [0.2, 0.25) is 10.0 Å². The van der Waals surface area contributed by atoms with Gasteiger partial charge in [-0.1, -0.05) is 6.08 Å². The molecule has 1 aliphatic heterocycles. The molecular formula is C10H17NO4S. The normalized spacial score (nSPS) is 22.1. The Hall–Kier alpha value is -0.880. The Bertz CT molecular complexity index is 363. The van der Waals surface area contributed by atoms with Gasteiger partial charge in [0, 0.05) is 19.5 Å². The monoisotopic (exact) mass is 247 g/mol. The van der Waals surface area contributed by atoms with Gasteiger partial charge in [-0.25, -0.2) is 12.7 Å². The van der Waals surface area contributed by atoms with Gasteiger partial charge in [0.05, 0.1) is 5.75 Å². The molecule has 16 heavy (non-hydrogen) atoms. The molecule has 0 aromatic heterocycles. The number of hydrogen-bond donors (Lipinski definition) is 1. The second-order valence-electron chi connectivity index (χ2n) is 4.01. The third-order valence-electron chi connectivity index (χ3n) is 2.74. The topological polar surface area (TPSA) is 74.7 Å². The van der Waals surface area contributed by atoms with E-state index in [2.05, 4.69) is 6.58 Å². The van der Waals surface area contributed by atoms with E-state index in [1.165, 1.54) is 10.4 Å². The van der Waals surface area contributed by atoms with Gasteiger partial charge in [-0.15, -0.1) is 6.58 Å². The van der Waals surface area contributed by atoms with Crippen molar-refractivity contribution in [3.05, 3.63) is 12.7 Å². The first-order chi connectivity index (χ1) is 7.45. The van der Waals surface area contributed by atoms with Gasteiger partial charge in [-0.2, -0.15) is 0 Å². The number of rotatable bonds is 6. The lowest BCUT2D eigenvalue weighted by molar-refractivity contribution is -0.137. The minimum absolute atomic E-state index is 0.0430. The summed E-state index contributed by atoms with van der Waals surface area (Å²) < 4.78 is 24.7. The minimum atomic E-state index is -3.21. The zero-order chi connectivity index (χ0) is 12.2. The molecule has 0 spiro atoms. The molecule has 0 amide bonds. The number of carbonyl (C=O) groups is 1. The van der Waals surface area contributed by atoms with Crippen molar-refractivity contribution in [1.29, 1.82) is 0 Å². The highest BCUT2D eigenvalue weighted by molar-refractivity contribution is 7.89. The van der Waals surface area contributed by atoms with Gasteiger partial charge in [0.15, 0.2) is 0 Å². The fraction of sp³-hybridized carbons (Fsp3) is 0.700. The van der Waals surface area contributed by atoms with Gasteiger partial charge in [-0.3, -0.25) is 4.79 Å². The van der Waals surface area contributed by atoms with Crippen LogP contribution in [0.4, 0.5) is 0 Å². The molecule has 1 atom stereocenters. The molecule has 1 N–H and O–H groups in total. The van der Waals surface area contributed by atoms with Crippen LogP contribution in [-0.4, -0.2) is 42.6 Å². The maximum absolute atomic E-state index is 11.7. The number of nitrogens with zero attached hydrogens (tertiary/aromatic N) is 1. The number of hydrogen-bond acceptors (Lipinski definition) is 3. The Labute approximate surface area is 95.8 Å². The predicted octanol–water partition coefficient (Wildman–Crippen LogP) is 0.689. The van der Waals surface area contributed by atoms with Gasteiger partial charge >= 0.3 is 5.97 Å². The van der Waals surface area contributed by atoms with Gasteiger partial charge in [-0.05, 0) is 18.8 Å². The molecule has 1 rings (SSSR count). The summed E-state index contributed by atoms with van der Waals surface area (Å²) >= 11 is 0. The van der Waals surface area contributed by atoms with Crippen molar-refractivity contribution in [1.82, 2.24) is 4.31 Å². The van der Waals surface area contributed by atoms with E-state index in [0.717, 1.165) is 6.42 Å². The second-order valence-corrected chi connectivity index (χ2v) is 6.03. The fourth-order valence-electron chi connectivity index (χ4n) is 1.87. The number of carboxylic acid groups (broad SMARTS) is 1. The quantitative estimate of drug-likeness (QED) is 0.701. The summed E-state index contributed by atoms with van der Waals surface area (Å²) in [6.07, 6.45) is 2.79. The Morgan fingerprint density at radius 3 is 2.81 bits per heavy atom. The van der Waals surface area contributed by atoms with E-state index < -0.39 is 16.0 Å². The molecule has 5 nitrogen and oxygen atoms in total. The Morgan fingerprint density at radius 2 is 2.25 bits per heavy atom. The van der Waals surface area contributed by atoms with Crippen molar-refractivity contribution in [2.24, 2.45) is 5.92 Å². The summed E-state index contributed by atoms with van der Waals surface area (Å²) in [5.41, 5.74) is 0. The highest BCUT2D eigenvalue weighted by Crippen LogP contribution is 2.23. The lowest BCUT2D eigenvalue weighted by atomic mass is 10.0. The van der Waals surface area contributed by atoms with Crippen molar-refractivity contribution in [2.45, 2.75) is 19.3 Å². The van der Waals surface area contributed by atoms with Crippen molar-refractivity contribution in [2.75, 3.05) is 18.8 Å². The van der Waals surface area contributed by atoms with E-state index >= 15 is 0 Å². The largest absolute Gasteiger partial charge is 0.481 e. The van der Waals surface area contributed by atoms with Crippen LogP contribution in [0.2, 0.25) is 0 Å². The van der Waals surface area contributed by atoms with Crippen LogP contribution < -0.4 is 0 Å². The van der Waals surface area contributed by atoms with Crippen molar-refractivity contribution < 1.29 is 18.3 Å². The summed E-state index contributed by atoms with van der Waals surface area (Å²) in [4.78, 5) is 10.4. The smallest absolute Gasteiger partial charge is 0.303 e. The Kier molecular flexibility index (Phi) is 4.49. The van der Waals surface area contributed by atoms with Gasteiger partial charge < -0.3 is 5.11 Å². The third kappa shape index (κ3) is 3.61. The average molecular weight is 247 g/mol. The molecule has 1 fully saturated rings. The lowest BCUT2D eigenvalue weighted by Crippen LogP contribution is -2.30. The first-order valence-corrected chi connectivity index (χ1v) is 6.87. The minimum Gasteiger partial charge on any atom is -0.481 e. The molecule has 1 unspecified atom stereocenters. The molecule has 1 heterocycles. The van der Waals surface area contributed by atoms with Crippen LogP contribution in [0.15, 0.2) is 12.7 Å². The zero-order valence-corrected chi connectivity index (χ0v) is 9.95. The van der Waals surface area contributed by atoms with Crippen LogP contribution in [-0.2, 0) is 14.8 Å². The molecule has 92 valence electrons. The fourth-order valence-corrected chi connectivity index (χ4v) is 3.20. The Morgan fingerprint density at radius 1 is 1.56 bits per heavy atom. The summed E-state index contributed by atoms with van der Waals surface area (Å²) in [6, 6.07) is 0. The molecule has 0 aromatic rings. The number of sulfonamides is 1. The van der Waals surface area contributed by atoms with Gasteiger partial charge in [0.25, 0.3) is 0 Å². The standard InChI is InChI=1S/C10H17NO4S/c1-2-7-16(14,15)11-6-5-9(8-11)3-4-10(12)13/h2,9H,1,3-8H2,(H,12,13). The van der Waals surface area contributed by atoms with Crippen LogP contribution in [0.1, 0.15) is 19.3 Å². The summed E-state index contributed by atoms with van der Waals surface area (Å²) in [7, 11) is -3.21. The van der Waals surface area contributed by atoms with E-state index in [1.54, 1.807) is 0 Å². The number of aliphatic carboxylic acids is 1. The molecule has 6 heteroatoms. The summed E-state index contributed by atoms with van der Waals surface area (Å²) in [5.74, 6) is -0.693. The van der Waals surface area contributed by atoms with Crippen LogP contribution in [0.3, 0.4) is 0 Å². The molecule has 0 bridgehead atoms. The van der Waals surface area contributed by atoms with E-state index in [4.69, 9.17) is 5.11 Å². The third-order valence-corrected chi connectivity index (χ3v) is 4.51. The van der Waals surface area contributed by atoms with Crippen molar-refractivity contribution >= 4 is 16.0 Å². The highest BCUT2D eigenvalue weighted by atomic mass is 32.2. The Balaban J connectivity index is 2.46. The molecule has 0 saturated carbocycles. The first-order valence-electron chi connectivity index (χ1n) is 5.26. The van der Waals surface area contributed by atoms with E-state index in [0.29, 0.717) is 19.5 Å². The maximum atomic E-state index is 11.7. The highest BCUT2D eigenvalue weighted by Gasteiger charge is 2.30. The van der Waals surface area contributed by atoms with E-state index in [-0.39, 0.29) is 18.1 Å². The van der Waals surface area contributed by atoms with Crippen LogP contribution in [0, 0.1) is 5.92 Å². The predicted molar refractivity (Wildman–Crippen MR) is 60.5 cm³/mol. The summed E-state index contributed by atoms with van der Waals surface area (Å²) in [6.45, 7) is 4.36. The molecule has 1 aliphatic rings. The van der Waals surface area contributed by atoms with Crippen LogP contribution in [0.5, 0.6) is 0 Å². The SMILES string of the molecule is C=CCS(=O)(=O)N1CCC(CCC(=O)O)C1. The molecule has 0 aromatic carbocycles. The second kappa shape index (κ2) is 5.45. The van der Waals surface area contributed by atoms with Crippen LogP contribution in [0.25, 0.3) is 0 Å². The molecule has 1 saturated heterocycles. The molecular weight excluding hydrogens is 230 g/mol. The lowest BCUT2D eigenvalue weighted by Gasteiger charge is -2.14. The van der Waals surface area contributed by atoms with E-state index in [1.807, 2.05) is 0 Å². The zero-order valence-electron chi connectivity index (χ0n) is 9.13. The molecule has 0 aliphatic carbocycles. The van der Waals surface area contributed by atoms with Gasteiger partial charge in [0.1, 0.15) is 0 Å². The average Bonchev–Trinajstić information content (AvgIpc) is 2.63. The first kappa shape index (κ1) is 13.2. The van der Waals surface area contributed by atoms with Crippen LogP contribution >= 0.6 is 0 Å². The van der Waals surface area contributed by atoms with Crippen molar-refractivity contribution in [3.8, 4) is 0 Å². The number of carboxylic acids is 1.